The normalized spacial score (nSPS) is 19.0. The second kappa shape index (κ2) is 12.9. The van der Waals surface area contributed by atoms with Gasteiger partial charge in [0.1, 0.15) is 17.9 Å². The molecule has 3 rings (SSSR count). The van der Waals surface area contributed by atoms with Crippen LogP contribution in [0.5, 0.6) is 5.75 Å². The molecule has 1 aliphatic carbocycles. The zero-order valence-electron chi connectivity index (χ0n) is 19.9. The largest absolute Gasteiger partial charge is 0.573 e. The van der Waals surface area contributed by atoms with E-state index in [1.54, 1.807) is 6.92 Å². The average Bonchev–Trinajstić information content (AvgIpc) is 3.31. The molecule has 1 aromatic rings. The minimum Gasteiger partial charge on any atom is -0.446 e. The summed E-state index contributed by atoms with van der Waals surface area (Å²) in [5.74, 6) is -0.220. The Hall–Kier alpha value is -2.69. The van der Waals surface area contributed by atoms with Crippen LogP contribution < -0.4 is 20.7 Å². The van der Waals surface area contributed by atoms with E-state index in [2.05, 4.69) is 20.7 Å². The molecule has 0 spiro atoms. The smallest absolute Gasteiger partial charge is 0.446 e. The van der Waals surface area contributed by atoms with Gasteiger partial charge < -0.3 is 30.2 Å². The maximum atomic E-state index is 13.0. The summed E-state index contributed by atoms with van der Waals surface area (Å²) >= 11 is 0. The van der Waals surface area contributed by atoms with Gasteiger partial charge in [-0.1, -0.05) is 25.7 Å². The first-order chi connectivity index (χ1) is 16.7. The minimum absolute atomic E-state index is 0.213. The van der Waals surface area contributed by atoms with Crippen molar-refractivity contribution in [2.75, 3.05) is 25.1 Å². The van der Waals surface area contributed by atoms with Crippen LogP contribution in [0.15, 0.2) is 24.3 Å². The van der Waals surface area contributed by atoms with Crippen molar-refractivity contribution in [1.82, 2.24) is 10.6 Å². The van der Waals surface area contributed by atoms with E-state index < -0.39 is 18.5 Å². The van der Waals surface area contributed by atoms with E-state index in [4.69, 9.17) is 9.47 Å². The molecule has 3 N–H and O–H groups in total. The number of nitrogens with one attached hydrogen (secondary N) is 3. The van der Waals surface area contributed by atoms with E-state index in [9.17, 15) is 22.8 Å². The Balaban J connectivity index is 1.48. The van der Waals surface area contributed by atoms with Crippen molar-refractivity contribution < 1.29 is 37.0 Å². The van der Waals surface area contributed by atoms with Crippen molar-refractivity contribution in [3.63, 3.8) is 0 Å². The molecule has 2 aliphatic rings. The van der Waals surface area contributed by atoms with E-state index in [0.717, 1.165) is 25.7 Å². The number of amides is 2. The molecule has 1 saturated heterocycles. The second-order valence-corrected chi connectivity index (χ2v) is 9.16. The standard InChI is InChI=1S/C24H34F3N3O5/c1-16(15-28-18-6-8-20(9-7-18)35-24(25,26)27)29-22(31)21(14-17-4-2-3-5-17)30-23(32)34-19-10-12-33-13-11-19/h6-9,16-17,19,21,28H,2-5,10-15H2,1H3,(H,29,31)(H,30,32)/t16?,21-/m0/s1. The van der Waals surface area contributed by atoms with E-state index in [1.165, 1.54) is 24.3 Å². The predicted molar refractivity (Wildman–Crippen MR) is 123 cm³/mol. The lowest BCUT2D eigenvalue weighted by molar-refractivity contribution is -0.274. The number of hydrogen-bond donors (Lipinski definition) is 3. The van der Waals surface area contributed by atoms with Gasteiger partial charge in [-0.25, -0.2) is 4.79 Å². The average molecular weight is 502 g/mol. The Labute approximate surface area is 203 Å². The summed E-state index contributed by atoms with van der Waals surface area (Å²) < 4.78 is 51.5. The molecular weight excluding hydrogens is 467 g/mol. The van der Waals surface area contributed by atoms with Gasteiger partial charge in [-0.15, -0.1) is 13.2 Å². The third-order valence-electron chi connectivity index (χ3n) is 6.18. The number of alkyl carbamates (subject to hydrolysis) is 1. The number of carbonyl (C=O) groups excluding carboxylic acids is 2. The van der Waals surface area contributed by atoms with Gasteiger partial charge in [-0.3, -0.25) is 4.79 Å². The molecule has 1 heterocycles. The molecule has 196 valence electrons. The lowest BCUT2D eigenvalue weighted by atomic mass is 9.97. The third-order valence-corrected chi connectivity index (χ3v) is 6.18. The lowest BCUT2D eigenvalue weighted by Gasteiger charge is -2.26. The molecule has 1 unspecified atom stereocenters. The van der Waals surface area contributed by atoms with Crippen molar-refractivity contribution in [2.24, 2.45) is 5.92 Å². The summed E-state index contributed by atoms with van der Waals surface area (Å²) in [5, 5.41) is 8.74. The highest BCUT2D eigenvalue weighted by Crippen LogP contribution is 2.29. The van der Waals surface area contributed by atoms with Crippen LogP contribution in [-0.2, 0) is 14.3 Å². The molecule has 35 heavy (non-hydrogen) atoms. The highest BCUT2D eigenvalue weighted by atomic mass is 19.4. The van der Waals surface area contributed by atoms with Gasteiger partial charge in [0.25, 0.3) is 0 Å². The van der Waals surface area contributed by atoms with Crippen molar-refractivity contribution in [3.05, 3.63) is 24.3 Å². The van der Waals surface area contributed by atoms with Crippen LogP contribution >= 0.6 is 0 Å². The Kier molecular flexibility index (Phi) is 9.88. The van der Waals surface area contributed by atoms with Crippen LogP contribution in [0.4, 0.5) is 23.7 Å². The molecule has 0 radical (unpaired) electrons. The van der Waals surface area contributed by atoms with E-state index >= 15 is 0 Å². The van der Waals surface area contributed by atoms with E-state index in [0.29, 0.717) is 50.6 Å². The quantitative estimate of drug-likeness (QED) is 0.441. The summed E-state index contributed by atoms with van der Waals surface area (Å²) in [5.41, 5.74) is 0.585. The summed E-state index contributed by atoms with van der Waals surface area (Å²) in [4.78, 5) is 25.5. The van der Waals surface area contributed by atoms with Gasteiger partial charge in [-0.05, 0) is 43.5 Å². The molecule has 2 atom stereocenters. The van der Waals surface area contributed by atoms with Gasteiger partial charge >= 0.3 is 12.5 Å². The topological polar surface area (TPSA) is 97.9 Å². The number of halogens is 3. The summed E-state index contributed by atoms with van der Waals surface area (Å²) in [6.07, 6.45) is 0.590. The Morgan fingerprint density at radius 2 is 1.71 bits per heavy atom. The lowest BCUT2D eigenvalue weighted by Crippen LogP contribution is -2.51. The fraction of sp³-hybridized carbons (Fsp3) is 0.667. The van der Waals surface area contributed by atoms with Crippen LogP contribution in [0.1, 0.15) is 51.9 Å². The number of ether oxygens (including phenoxy) is 3. The number of hydrogen-bond acceptors (Lipinski definition) is 6. The van der Waals surface area contributed by atoms with Gasteiger partial charge in [0, 0.05) is 31.1 Å². The van der Waals surface area contributed by atoms with Crippen molar-refractivity contribution in [2.45, 2.75) is 76.4 Å². The molecular formula is C24H34F3N3O5. The van der Waals surface area contributed by atoms with Crippen molar-refractivity contribution >= 4 is 17.7 Å². The molecule has 8 nitrogen and oxygen atoms in total. The molecule has 0 aromatic heterocycles. The third kappa shape index (κ3) is 9.83. The first-order valence-corrected chi connectivity index (χ1v) is 12.1. The number of carbonyl (C=O) groups is 2. The summed E-state index contributed by atoms with van der Waals surface area (Å²) in [7, 11) is 0. The van der Waals surface area contributed by atoms with Gasteiger partial charge in [-0.2, -0.15) is 0 Å². The Bertz CT molecular complexity index is 810. The summed E-state index contributed by atoms with van der Waals surface area (Å²) in [6.45, 7) is 3.24. The second-order valence-electron chi connectivity index (χ2n) is 9.16. The van der Waals surface area contributed by atoms with Gasteiger partial charge in [0.15, 0.2) is 0 Å². The number of alkyl halides is 3. The van der Waals surface area contributed by atoms with E-state index in [-0.39, 0.29) is 23.8 Å². The molecule has 1 aliphatic heterocycles. The first kappa shape index (κ1) is 26.9. The van der Waals surface area contributed by atoms with Crippen LogP contribution in [0.2, 0.25) is 0 Å². The van der Waals surface area contributed by atoms with Gasteiger partial charge in [0.2, 0.25) is 5.91 Å². The molecule has 1 aromatic carbocycles. The number of benzene rings is 1. The van der Waals surface area contributed by atoms with Crippen LogP contribution in [0, 0.1) is 5.92 Å². The highest BCUT2D eigenvalue weighted by Gasteiger charge is 2.31. The van der Waals surface area contributed by atoms with E-state index in [1.807, 2.05) is 0 Å². The molecule has 2 amide bonds. The van der Waals surface area contributed by atoms with Crippen LogP contribution in [0.3, 0.4) is 0 Å². The fourth-order valence-electron chi connectivity index (χ4n) is 4.37. The molecule has 1 saturated carbocycles. The zero-order valence-corrected chi connectivity index (χ0v) is 19.9. The van der Waals surface area contributed by atoms with Gasteiger partial charge in [0.05, 0.1) is 13.2 Å². The fourth-order valence-corrected chi connectivity index (χ4v) is 4.37. The highest BCUT2D eigenvalue weighted by molar-refractivity contribution is 5.85. The molecule has 0 bridgehead atoms. The maximum Gasteiger partial charge on any atom is 0.573 e. The van der Waals surface area contributed by atoms with Crippen LogP contribution in [-0.4, -0.2) is 56.3 Å². The predicted octanol–water partition coefficient (Wildman–Crippen LogP) is 4.36. The van der Waals surface area contributed by atoms with Crippen molar-refractivity contribution in [1.29, 1.82) is 0 Å². The SMILES string of the molecule is CC(CNc1ccc(OC(F)(F)F)cc1)NC(=O)[C@H](CC1CCCC1)NC(=O)OC1CCOCC1. The molecule has 2 fully saturated rings. The monoisotopic (exact) mass is 501 g/mol. The van der Waals surface area contributed by atoms with Crippen LogP contribution in [0.25, 0.3) is 0 Å². The zero-order chi connectivity index (χ0) is 25.3. The molecule has 11 heteroatoms. The van der Waals surface area contributed by atoms with Crippen molar-refractivity contribution in [3.8, 4) is 5.75 Å². The number of rotatable bonds is 10. The minimum atomic E-state index is -4.74. The maximum absolute atomic E-state index is 13.0. The summed E-state index contributed by atoms with van der Waals surface area (Å²) in [6, 6.07) is 4.35. The first-order valence-electron chi connectivity index (χ1n) is 12.1. The Morgan fingerprint density at radius 3 is 2.34 bits per heavy atom. The Morgan fingerprint density at radius 1 is 1.06 bits per heavy atom. The number of anilines is 1.